The number of ketones is 1. The van der Waals surface area contributed by atoms with Crippen LogP contribution in [0.4, 0.5) is 0 Å². The van der Waals surface area contributed by atoms with Crippen molar-refractivity contribution in [2.24, 2.45) is 0 Å². The Morgan fingerprint density at radius 3 is 2.29 bits per heavy atom. The summed E-state index contributed by atoms with van der Waals surface area (Å²) in [6.07, 6.45) is 3.68. The predicted molar refractivity (Wildman–Crippen MR) is 28.0 cm³/mol. The van der Waals surface area contributed by atoms with Crippen LogP contribution in [0.25, 0.3) is 0 Å². The fraction of sp³-hybridized carbons (Fsp3) is 0.500. The summed E-state index contributed by atoms with van der Waals surface area (Å²) in [5.41, 5.74) is 1.01. The maximum atomic E-state index is 10.4. The molecule has 0 amide bonds. The van der Waals surface area contributed by atoms with Gasteiger partial charge in [-0.1, -0.05) is 6.08 Å². The molecule has 0 atom stereocenters. The second kappa shape index (κ2) is 1.49. The molecule has 1 nitrogen and oxygen atoms in total. The molecule has 0 aromatic rings. The van der Waals surface area contributed by atoms with Gasteiger partial charge in [0.2, 0.25) is 0 Å². The van der Waals surface area contributed by atoms with Crippen LogP contribution in [0.3, 0.4) is 0 Å². The fourth-order valence-corrected chi connectivity index (χ4v) is 0.677. The van der Waals surface area contributed by atoms with Gasteiger partial charge in [0.1, 0.15) is 0 Å². The number of carbonyl (C=O) groups excluding carboxylic acids is 1. The van der Waals surface area contributed by atoms with Gasteiger partial charge in [0, 0.05) is 6.42 Å². The van der Waals surface area contributed by atoms with E-state index in [0.29, 0.717) is 5.78 Å². The van der Waals surface area contributed by atoms with E-state index in [2.05, 4.69) is 0 Å². The largest absolute Gasteiger partial charge is 0.295 e. The lowest BCUT2D eigenvalue weighted by molar-refractivity contribution is -0.118. The van der Waals surface area contributed by atoms with Crippen LogP contribution in [-0.4, -0.2) is 5.78 Å². The lowest BCUT2D eigenvalue weighted by Crippen LogP contribution is -2.13. The first-order chi connectivity index (χ1) is 3.34. The van der Waals surface area contributed by atoms with Crippen molar-refractivity contribution in [2.45, 2.75) is 19.8 Å². The van der Waals surface area contributed by atoms with Gasteiger partial charge in [-0.3, -0.25) is 4.79 Å². The summed E-state index contributed by atoms with van der Waals surface area (Å²) in [5.74, 6) is 0.336. The summed E-state index contributed by atoms with van der Waals surface area (Å²) in [4.78, 5) is 10.4. The molecule has 0 saturated heterocycles. The molecule has 1 fully saturated rings. The van der Waals surface area contributed by atoms with Crippen LogP contribution < -0.4 is 0 Å². The van der Waals surface area contributed by atoms with Crippen molar-refractivity contribution < 1.29 is 4.79 Å². The zero-order valence-corrected chi connectivity index (χ0v) is 4.40. The lowest BCUT2D eigenvalue weighted by atomic mass is 9.91. The first-order valence-corrected chi connectivity index (χ1v) is 2.53. The van der Waals surface area contributed by atoms with Gasteiger partial charge in [-0.05, 0) is 18.9 Å². The molecule has 0 bridgehead atoms. The molecule has 1 heteroatoms. The highest BCUT2D eigenvalue weighted by atomic mass is 16.1. The molecule has 0 heterocycles. The molecular formula is C6H8O. The van der Waals surface area contributed by atoms with Gasteiger partial charge in [0.15, 0.2) is 5.78 Å². The average molecular weight is 96.1 g/mol. The van der Waals surface area contributed by atoms with Gasteiger partial charge in [-0.2, -0.15) is 0 Å². The van der Waals surface area contributed by atoms with Crippen molar-refractivity contribution in [3.63, 3.8) is 0 Å². The van der Waals surface area contributed by atoms with Crippen LogP contribution >= 0.6 is 0 Å². The summed E-state index contributed by atoms with van der Waals surface area (Å²) in [5, 5.41) is 0. The van der Waals surface area contributed by atoms with Crippen molar-refractivity contribution in [1.82, 2.24) is 0 Å². The minimum atomic E-state index is 0.336. The van der Waals surface area contributed by atoms with Crippen LogP contribution in [-0.2, 0) is 4.79 Å². The Morgan fingerprint density at radius 2 is 2.29 bits per heavy atom. The van der Waals surface area contributed by atoms with Crippen LogP contribution in [0.15, 0.2) is 11.6 Å². The van der Waals surface area contributed by atoms with Crippen LogP contribution in [0.1, 0.15) is 19.8 Å². The highest BCUT2D eigenvalue weighted by Crippen LogP contribution is 2.19. The quantitative estimate of drug-likeness (QED) is 0.415. The molecule has 0 unspecified atom stereocenters. The number of hydrogen-bond donors (Lipinski definition) is 0. The maximum absolute atomic E-state index is 10.4. The van der Waals surface area contributed by atoms with Crippen molar-refractivity contribution in [2.75, 3.05) is 0 Å². The third kappa shape index (κ3) is 0.581. The second-order valence-corrected chi connectivity index (χ2v) is 1.74. The van der Waals surface area contributed by atoms with E-state index < -0.39 is 0 Å². The summed E-state index contributed by atoms with van der Waals surface area (Å²) >= 11 is 0. The first-order valence-electron chi connectivity index (χ1n) is 2.53. The van der Waals surface area contributed by atoms with E-state index in [4.69, 9.17) is 0 Å². The molecule has 1 aliphatic rings. The molecule has 0 N–H and O–H groups in total. The Morgan fingerprint density at radius 1 is 1.57 bits per heavy atom. The van der Waals surface area contributed by atoms with Gasteiger partial charge < -0.3 is 0 Å². The Hall–Kier alpha value is -0.590. The molecule has 0 aromatic carbocycles. The molecule has 0 spiro atoms. The van der Waals surface area contributed by atoms with Gasteiger partial charge >= 0.3 is 0 Å². The predicted octanol–water partition coefficient (Wildman–Crippen LogP) is 1.30. The van der Waals surface area contributed by atoms with Gasteiger partial charge in [-0.25, -0.2) is 0 Å². The molecule has 1 saturated carbocycles. The third-order valence-electron chi connectivity index (χ3n) is 1.33. The molecule has 7 heavy (non-hydrogen) atoms. The van der Waals surface area contributed by atoms with E-state index in [1.807, 2.05) is 13.0 Å². The van der Waals surface area contributed by atoms with E-state index >= 15 is 0 Å². The zero-order valence-electron chi connectivity index (χ0n) is 4.40. The number of rotatable bonds is 0. The van der Waals surface area contributed by atoms with Crippen LogP contribution in [0.2, 0.25) is 0 Å². The number of carbonyl (C=O) groups is 1. The summed E-state index contributed by atoms with van der Waals surface area (Å²) in [6.45, 7) is 1.91. The first kappa shape index (κ1) is 4.57. The Bertz CT molecular complexity index is 122. The maximum Gasteiger partial charge on any atom is 0.158 e. The molecule has 1 rings (SSSR count). The van der Waals surface area contributed by atoms with E-state index in [1.54, 1.807) is 0 Å². The standard InChI is InChI=1S/C6H8O/c1-2-5-3-4-6(5)7/h2H,3-4H2,1H3/b5-2+. The summed E-state index contributed by atoms with van der Waals surface area (Å²) < 4.78 is 0. The van der Waals surface area contributed by atoms with E-state index in [0.717, 1.165) is 18.4 Å². The Balaban J connectivity index is 2.61. The van der Waals surface area contributed by atoms with E-state index in [-0.39, 0.29) is 0 Å². The fourth-order valence-electron chi connectivity index (χ4n) is 0.677. The van der Waals surface area contributed by atoms with E-state index in [1.165, 1.54) is 0 Å². The smallest absolute Gasteiger partial charge is 0.158 e. The van der Waals surface area contributed by atoms with Gasteiger partial charge in [-0.15, -0.1) is 0 Å². The molecule has 38 valence electrons. The Kier molecular flexibility index (Phi) is 0.970. The van der Waals surface area contributed by atoms with Gasteiger partial charge in [0.25, 0.3) is 0 Å². The number of hydrogen-bond acceptors (Lipinski definition) is 1. The van der Waals surface area contributed by atoms with E-state index in [9.17, 15) is 4.79 Å². The molecule has 0 aromatic heterocycles. The molecular weight excluding hydrogens is 88.1 g/mol. The highest BCUT2D eigenvalue weighted by molar-refractivity contribution is 6.01. The summed E-state index contributed by atoms with van der Waals surface area (Å²) in [7, 11) is 0. The van der Waals surface area contributed by atoms with Crippen molar-refractivity contribution >= 4 is 5.78 Å². The normalized spacial score (nSPS) is 25.3. The minimum Gasteiger partial charge on any atom is -0.295 e. The van der Waals surface area contributed by atoms with Gasteiger partial charge in [0.05, 0.1) is 0 Å². The van der Waals surface area contributed by atoms with Crippen molar-refractivity contribution in [1.29, 1.82) is 0 Å². The van der Waals surface area contributed by atoms with Crippen LogP contribution in [0, 0.1) is 0 Å². The third-order valence-corrected chi connectivity index (χ3v) is 1.33. The molecule has 0 radical (unpaired) electrons. The minimum absolute atomic E-state index is 0.336. The van der Waals surface area contributed by atoms with Crippen LogP contribution in [0.5, 0.6) is 0 Å². The molecule has 0 aliphatic heterocycles. The highest BCUT2D eigenvalue weighted by Gasteiger charge is 2.17. The second-order valence-electron chi connectivity index (χ2n) is 1.74. The summed E-state index contributed by atoms with van der Waals surface area (Å²) in [6, 6.07) is 0. The zero-order chi connectivity index (χ0) is 5.28. The average Bonchev–Trinajstić information content (AvgIpc) is 1.65. The topological polar surface area (TPSA) is 17.1 Å². The monoisotopic (exact) mass is 96.1 g/mol. The number of allylic oxidation sites excluding steroid dienone is 2. The Labute approximate surface area is 43.0 Å². The van der Waals surface area contributed by atoms with Crippen molar-refractivity contribution in [3.8, 4) is 0 Å². The molecule has 1 aliphatic carbocycles. The SMILES string of the molecule is C/C=C1\CCC1=O. The van der Waals surface area contributed by atoms with Crippen molar-refractivity contribution in [3.05, 3.63) is 11.6 Å². The lowest BCUT2D eigenvalue weighted by Gasteiger charge is -2.12. The number of Topliss-reactive ketones (excluding diaryl/α,β-unsaturated/α-hetero) is 1.